The largest absolute Gasteiger partial charge is 0.332 e. The summed E-state index contributed by atoms with van der Waals surface area (Å²) in [6.07, 6.45) is 3.50. The van der Waals surface area contributed by atoms with Crippen LogP contribution in [0.15, 0.2) is 72.1 Å². The number of hydrogen-bond acceptors (Lipinski definition) is 4. The van der Waals surface area contributed by atoms with Crippen LogP contribution in [-0.4, -0.2) is 38.3 Å². The highest BCUT2D eigenvalue weighted by atomic mass is 35.5. The van der Waals surface area contributed by atoms with Crippen molar-refractivity contribution < 1.29 is 4.79 Å². The SMILES string of the molecule is Cc1ccc(N(CC2CSC(Cl)=N2)C(=O)c2cn(Cc3ccccc3)cn2)cc1. The van der Waals surface area contributed by atoms with E-state index in [1.54, 1.807) is 17.4 Å². The Labute approximate surface area is 179 Å². The van der Waals surface area contributed by atoms with Gasteiger partial charge in [-0.1, -0.05) is 71.4 Å². The third-order valence-corrected chi connectivity index (χ3v) is 6.04. The van der Waals surface area contributed by atoms with Crippen LogP contribution < -0.4 is 4.90 Å². The number of halogens is 1. The fraction of sp³-hybridized carbons (Fsp3) is 0.227. The molecule has 0 radical (unpaired) electrons. The molecule has 1 amide bonds. The molecule has 2 aromatic carbocycles. The highest BCUT2D eigenvalue weighted by Gasteiger charge is 2.26. The van der Waals surface area contributed by atoms with E-state index in [9.17, 15) is 4.79 Å². The third kappa shape index (κ3) is 4.89. The molecule has 0 spiro atoms. The molecule has 7 heteroatoms. The lowest BCUT2D eigenvalue weighted by Gasteiger charge is -2.24. The molecule has 0 saturated heterocycles. The fourth-order valence-electron chi connectivity index (χ4n) is 3.21. The first-order chi connectivity index (χ1) is 14.1. The van der Waals surface area contributed by atoms with E-state index in [-0.39, 0.29) is 11.9 Å². The number of amides is 1. The topological polar surface area (TPSA) is 50.5 Å². The monoisotopic (exact) mass is 424 g/mol. The van der Waals surface area contributed by atoms with E-state index in [2.05, 4.69) is 22.1 Å². The lowest BCUT2D eigenvalue weighted by molar-refractivity contribution is 0.0981. The Morgan fingerprint density at radius 2 is 1.97 bits per heavy atom. The predicted molar refractivity (Wildman–Crippen MR) is 120 cm³/mol. The maximum Gasteiger partial charge on any atom is 0.278 e. The van der Waals surface area contributed by atoms with Crippen molar-refractivity contribution in [3.05, 3.63) is 83.9 Å². The number of anilines is 1. The highest BCUT2D eigenvalue weighted by Crippen LogP contribution is 2.24. The first-order valence-corrected chi connectivity index (χ1v) is 10.7. The zero-order valence-electron chi connectivity index (χ0n) is 16.0. The van der Waals surface area contributed by atoms with Gasteiger partial charge in [-0.15, -0.1) is 0 Å². The number of aliphatic imine (C=N–C) groups is 1. The van der Waals surface area contributed by atoms with Gasteiger partial charge in [0.15, 0.2) is 4.50 Å². The number of aryl methyl sites for hydroxylation is 1. The van der Waals surface area contributed by atoms with Crippen LogP contribution in [0.25, 0.3) is 0 Å². The van der Waals surface area contributed by atoms with E-state index in [0.717, 1.165) is 22.6 Å². The van der Waals surface area contributed by atoms with Gasteiger partial charge in [-0.25, -0.2) is 4.98 Å². The Balaban J connectivity index is 1.56. The minimum Gasteiger partial charge on any atom is -0.332 e. The van der Waals surface area contributed by atoms with Crippen LogP contribution in [0, 0.1) is 6.92 Å². The molecule has 0 bridgehead atoms. The standard InChI is InChI=1S/C22H21ClN4OS/c1-16-7-9-19(10-8-16)27(12-18-14-29-22(23)25-18)21(28)20-13-26(15-24-20)11-17-5-3-2-4-6-17/h2-10,13,15,18H,11-12,14H2,1H3. The van der Waals surface area contributed by atoms with Gasteiger partial charge in [-0.05, 0) is 24.6 Å². The van der Waals surface area contributed by atoms with Gasteiger partial charge in [-0.2, -0.15) is 0 Å². The number of carbonyl (C=O) groups is 1. The van der Waals surface area contributed by atoms with Crippen molar-refractivity contribution in [2.24, 2.45) is 4.99 Å². The molecule has 2 heterocycles. The van der Waals surface area contributed by atoms with Crippen molar-refractivity contribution in [3.8, 4) is 0 Å². The summed E-state index contributed by atoms with van der Waals surface area (Å²) in [5.74, 6) is 0.639. The number of imidazole rings is 1. The number of hydrogen-bond donors (Lipinski definition) is 0. The molecular weight excluding hydrogens is 404 g/mol. The smallest absolute Gasteiger partial charge is 0.278 e. The van der Waals surface area contributed by atoms with Crippen LogP contribution in [-0.2, 0) is 6.54 Å². The molecule has 1 atom stereocenters. The highest BCUT2D eigenvalue weighted by molar-refractivity contribution is 8.17. The molecule has 1 aromatic heterocycles. The minimum absolute atomic E-state index is 0.0239. The summed E-state index contributed by atoms with van der Waals surface area (Å²) in [6.45, 7) is 3.17. The average Bonchev–Trinajstić information content (AvgIpc) is 3.36. The van der Waals surface area contributed by atoms with Crippen LogP contribution in [0.2, 0.25) is 0 Å². The van der Waals surface area contributed by atoms with Crippen molar-refractivity contribution in [1.82, 2.24) is 9.55 Å². The second kappa shape index (κ2) is 8.84. The van der Waals surface area contributed by atoms with Gasteiger partial charge in [0.1, 0.15) is 5.69 Å². The summed E-state index contributed by atoms with van der Waals surface area (Å²) < 4.78 is 2.48. The summed E-state index contributed by atoms with van der Waals surface area (Å²) in [7, 11) is 0. The lowest BCUT2D eigenvalue weighted by atomic mass is 10.2. The zero-order chi connectivity index (χ0) is 20.2. The van der Waals surface area contributed by atoms with E-state index in [0.29, 0.717) is 23.3 Å². The lowest BCUT2D eigenvalue weighted by Crippen LogP contribution is -2.37. The first-order valence-electron chi connectivity index (χ1n) is 9.39. The molecule has 1 aliphatic rings. The zero-order valence-corrected chi connectivity index (χ0v) is 17.6. The maximum atomic E-state index is 13.3. The van der Waals surface area contributed by atoms with Crippen molar-refractivity contribution in [3.63, 3.8) is 0 Å². The number of benzene rings is 2. The molecular formula is C22H21ClN4OS. The van der Waals surface area contributed by atoms with Crippen molar-refractivity contribution in [1.29, 1.82) is 0 Å². The molecule has 3 aromatic rings. The molecule has 0 N–H and O–H groups in total. The van der Waals surface area contributed by atoms with Crippen LogP contribution in [0.5, 0.6) is 0 Å². The van der Waals surface area contributed by atoms with Gasteiger partial charge in [0.25, 0.3) is 5.91 Å². The van der Waals surface area contributed by atoms with Gasteiger partial charge in [-0.3, -0.25) is 9.79 Å². The molecule has 148 valence electrons. The molecule has 29 heavy (non-hydrogen) atoms. The Bertz CT molecular complexity index is 1020. The van der Waals surface area contributed by atoms with Crippen LogP contribution >= 0.6 is 23.4 Å². The van der Waals surface area contributed by atoms with Gasteiger partial charge >= 0.3 is 0 Å². The van der Waals surface area contributed by atoms with Gasteiger partial charge in [0.2, 0.25) is 0 Å². The number of carbonyl (C=O) groups excluding carboxylic acids is 1. The second-order valence-corrected chi connectivity index (χ2v) is 8.61. The van der Waals surface area contributed by atoms with E-state index < -0.39 is 0 Å². The van der Waals surface area contributed by atoms with E-state index in [1.807, 2.05) is 54.0 Å². The number of aromatic nitrogens is 2. The Morgan fingerprint density at radius 1 is 1.21 bits per heavy atom. The second-order valence-electron chi connectivity index (χ2n) is 7.02. The Hall–Kier alpha value is -2.57. The number of rotatable bonds is 6. The summed E-state index contributed by atoms with van der Waals surface area (Å²) in [4.78, 5) is 23.9. The molecule has 5 nitrogen and oxygen atoms in total. The van der Waals surface area contributed by atoms with E-state index in [4.69, 9.17) is 11.6 Å². The molecule has 0 saturated carbocycles. The maximum absolute atomic E-state index is 13.3. The summed E-state index contributed by atoms with van der Waals surface area (Å²) in [6, 6.07) is 18.0. The Morgan fingerprint density at radius 3 is 2.66 bits per heavy atom. The summed E-state index contributed by atoms with van der Waals surface area (Å²) in [5, 5.41) is 0. The number of nitrogens with zero attached hydrogens (tertiary/aromatic N) is 4. The molecule has 0 aliphatic carbocycles. The number of thioether (sulfide) groups is 1. The van der Waals surface area contributed by atoms with Gasteiger partial charge in [0.05, 0.1) is 12.4 Å². The quantitative estimate of drug-likeness (QED) is 0.581. The third-order valence-electron chi connectivity index (χ3n) is 4.72. The Kier molecular flexibility index (Phi) is 6.02. The average molecular weight is 425 g/mol. The van der Waals surface area contributed by atoms with Crippen LogP contribution in [0.4, 0.5) is 5.69 Å². The summed E-state index contributed by atoms with van der Waals surface area (Å²) >= 11 is 7.54. The van der Waals surface area contributed by atoms with Crippen LogP contribution in [0.1, 0.15) is 21.6 Å². The van der Waals surface area contributed by atoms with Crippen molar-refractivity contribution in [2.45, 2.75) is 19.5 Å². The molecule has 4 rings (SSSR count). The van der Waals surface area contributed by atoms with E-state index in [1.165, 1.54) is 11.8 Å². The molecule has 1 aliphatic heterocycles. The summed E-state index contributed by atoms with van der Waals surface area (Å²) in [5.41, 5.74) is 3.56. The van der Waals surface area contributed by atoms with Crippen molar-refractivity contribution >= 4 is 39.5 Å². The first kappa shape index (κ1) is 19.7. The van der Waals surface area contributed by atoms with Crippen LogP contribution in [0.3, 0.4) is 0 Å². The fourth-order valence-corrected chi connectivity index (χ4v) is 4.27. The predicted octanol–water partition coefficient (Wildman–Crippen LogP) is 4.60. The molecule has 1 unspecified atom stereocenters. The minimum atomic E-state index is -0.135. The van der Waals surface area contributed by atoms with Gasteiger partial charge < -0.3 is 9.47 Å². The van der Waals surface area contributed by atoms with Crippen molar-refractivity contribution in [2.75, 3.05) is 17.2 Å². The molecule has 0 fully saturated rings. The normalized spacial score (nSPS) is 15.9. The van der Waals surface area contributed by atoms with Gasteiger partial charge in [0, 0.05) is 30.7 Å². The van der Waals surface area contributed by atoms with E-state index >= 15 is 0 Å².